The van der Waals surface area contributed by atoms with E-state index in [2.05, 4.69) is 9.71 Å². The molecule has 0 aromatic carbocycles. The number of sulfonamides is 1. The second-order valence-corrected chi connectivity index (χ2v) is 6.90. The Bertz CT molecular complexity index is 587. The van der Waals surface area contributed by atoms with E-state index in [1.165, 1.54) is 6.07 Å². The van der Waals surface area contributed by atoms with Gasteiger partial charge in [0.1, 0.15) is 5.82 Å². The highest BCUT2D eigenvalue weighted by Gasteiger charge is 2.31. The summed E-state index contributed by atoms with van der Waals surface area (Å²) in [6.45, 7) is 2.50. The normalized spacial score (nSPS) is 20.0. The van der Waals surface area contributed by atoms with Crippen LogP contribution in [0.15, 0.2) is 18.3 Å². The maximum Gasteiger partial charge on any atom is 0.417 e. The molecule has 118 valence electrons. The van der Waals surface area contributed by atoms with Crippen LogP contribution in [0.3, 0.4) is 0 Å². The van der Waals surface area contributed by atoms with Gasteiger partial charge in [-0.3, -0.25) is 0 Å². The number of hydrogen-bond donors (Lipinski definition) is 1. The van der Waals surface area contributed by atoms with E-state index in [4.69, 9.17) is 0 Å². The topological polar surface area (TPSA) is 62.3 Å². The summed E-state index contributed by atoms with van der Waals surface area (Å²) >= 11 is 0. The van der Waals surface area contributed by atoms with Gasteiger partial charge in [0, 0.05) is 25.3 Å². The first-order valence-corrected chi connectivity index (χ1v) is 8.14. The molecule has 0 aliphatic carbocycles. The van der Waals surface area contributed by atoms with Gasteiger partial charge < -0.3 is 4.90 Å². The van der Waals surface area contributed by atoms with Crippen molar-refractivity contribution in [3.8, 4) is 0 Å². The molecule has 9 heteroatoms. The second-order valence-electron chi connectivity index (χ2n) is 4.86. The minimum absolute atomic E-state index is 0.00201. The average molecular weight is 323 g/mol. The Kier molecular flexibility index (Phi) is 4.43. The highest BCUT2D eigenvalue weighted by Crippen LogP contribution is 2.29. The highest BCUT2D eigenvalue weighted by molar-refractivity contribution is 7.89. The fourth-order valence-electron chi connectivity index (χ4n) is 2.14. The predicted molar refractivity (Wildman–Crippen MR) is 72.5 cm³/mol. The molecule has 1 atom stereocenters. The van der Waals surface area contributed by atoms with Crippen molar-refractivity contribution >= 4 is 15.8 Å². The third kappa shape index (κ3) is 4.07. The monoisotopic (exact) mass is 323 g/mol. The van der Waals surface area contributed by atoms with Crippen LogP contribution in [-0.4, -0.2) is 38.3 Å². The Labute approximate surface area is 121 Å². The fraction of sp³-hybridized carbons (Fsp3) is 0.583. The summed E-state index contributed by atoms with van der Waals surface area (Å²) in [7, 11) is -3.28. The molecule has 5 nitrogen and oxygen atoms in total. The quantitative estimate of drug-likeness (QED) is 0.915. The van der Waals surface area contributed by atoms with E-state index in [1.807, 2.05) is 0 Å². The molecule has 1 aliphatic rings. The molecule has 0 bridgehead atoms. The zero-order chi connectivity index (χ0) is 15.7. The molecule has 0 amide bonds. The van der Waals surface area contributed by atoms with E-state index < -0.39 is 21.8 Å². The van der Waals surface area contributed by atoms with Crippen LogP contribution in [0.2, 0.25) is 0 Å². The van der Waals surface area contributed by atoms with Gasteiger partial charge in [-0.25, -0.2) is 18.1 Å². The Hall–Kier alpha value is -1.35. The van der Waals surface area contributed by atoms with E-state index in [1.54, 1.807) is 11.8 Å². The highest BCUT2D eigenvalue weighted by atomic mass is 32.2. The number of aromatic nitrogens is 1. The van der Waals surface area contributed by atoms with E-state index in [9.17, 15) is 21.6 Å². The molecule has 1 aliphatic heterocycles. The first-order chi connectivity index (χ1) is 9.71. The van der Waals surface area contributed by atoms with Gasteiger partial charge in [-0.05, 0) is 25.5 Å². The molecule has 2 heterocycles. The zero-order valence-electron chi connectivity index (χ0n) is 11.4. The lowest BCUT2D eigenvalue weighted by Gasteiger charge is -2.18. The molecule has 1 unspecified atom stereocenters. The van der Waals surface area contributed by atoms with Crippen molar-refractivity contribution in [3.63, 3.8) is 0 Å². The van der Waals surface area contributed by atoms with Crippen LogP contribution < -0.4 is 9.62 Å². The minimum Gasteiger partial charge on any atom is -0.355 e. The zero-order valence-corrected chi connectivity index (χ0v) is 12.2. The van der Waals surface area contributed by atoms with E-state index in [0.29, 0.717) is 25.3 Å². The second kappa shape index (κ2) is 5.80. The van der Waals surface area contributed by atoms with Crippen molar-refractivity contribution < 1.29 is 21.6 Å². The smallest absolute Gasteiger partial charge is 0.355 e. The molecule has 2 rings (SSSR count). The van der Waals surface area contributed by atoms with Crippen LogP contribution in [0.25, 0.3) is 0 Å². The Morgan fingerprint density at radius 1 is 1.43 bits per heavy atom. The summed E-state index contributed by atoms with van der Waals surface area (Å²) in [5.74, 6) is 0.420. The maximum absolute atomic E-state index is 12.5. The Morgan fingerprint density at radius 3 is 2.67 bits per heavy atom. The Balaban J connectivity index is 2.02. The standard InChI is InChI=1S/C12H16F3N3O2S/c1-2-21(19,20)17-10-5-6-18(8-10)11-4-3-9(7-16-11)12(13,14)15/h3-4,7,10,17H,2,5-6,8H2,1H3. The summed E-state index contributed by atoms with van der Waals surface area (Å²) in [6, 6.07) is 2.05. The maximum atomic E-state index is 12.5. The van der Waals surface area contributed by atoms with Gasteiger partial charge in [0.25, 0.3) is 0 Å². The summed E-state index contributed by atoms with van der Waals surface area (Å²) in [6.07, 6.45) is -3.02. The Morgan fingerprint density at radius 2 is 2.14 bits per heavy atom. The van der Waals surface area contributed by atoms with Crippen LogP contribution in [0, 0.1) is 0 Å². The van der Waals surface area contributed by atoms with Crippen LogP contribution in [0.5, 0.6) is 0 Å². The van der Waals surface area contributed by atoms with Gasteiger partial charge in [-0.2, -0.15) is 13.2 Å². The number of alkyl halides is 3. The lowest BCUT2D eigenvalue weighted by atomic mass is 10.3. The number of anilines is 1. The van der Waals surface area contributed by atoms with Gasteiger partial charge >= 0.3 is 6.18 Å². The van der Waals surface area contributed by atoms with Gasteiger partial charge in [0.05, 0.1) is 11.3 Å². The van der Waals surface area contributed by atoms with Crippen molar-refractivity contribution in [3.05, 3.63) is 23.9 Å². The third-order valence-corrected chi connectivity index (χ3v) is 4.77. The molecule has 1 aromatic rings. The summed E-state index contributed by atoms with van der Waals surface area (Å²) in [5.41, 5.74) is -0.798. The van der Waals surface area contributed by atoms with Crippen molar-refractivity contribution in [2.45, 2.75) is 25.6 Å². The number of rotatable bonds is 4. The molecule has 1 saturated heterocycles. The third-order valence-electron chi connectivity index (χ3n) is 3.31. The fourth-order valence-corrected chi connectivity index (χ4v) is 3.01. The van der Waals surface area contributed by atoms with Crippen LogP contribution in [0.4, 0.5) is 19.0 Å². The van der Waals surface area contributed by atoms with Gasteiger partial charge in [0.2, 0.25) is 10.0 Å². The minimum atomic E-state index is -4.41. The molecular weight excluding hydrogens is 307 g/mol. The van der Waals surface area contributed by atoms with Crippen molar-refractivity contribution in [1.29, 1.82) is 0 Å². The number of pyridine rings is 1. The van der Waals surface area contributed by atoms with Crippen molar-refractivity contribution in [2.24, 2.45) is 0 Å². The first kappa shape index (κ1) is 16.0. The van der Waals surface area contributed by atoms with Gasteiger partial charge in [-0.1, -0.05) is 0 Å². The number of halogens is 3. The van der Waals surface area contributed by atoms with Crippen LogP contribution >= 0.6 is 0 Å². The predicted octanol–water partition coefficient (Wildman–Crippen LogP) is 1.62. The van der Waals surface area contributed by atoms with Gasteiger partial charge in [-0.15, -0.1) is 0 Å². The lowest BCUT2D eigenvalue weighted by Crippen LogP contribution is -2.38. The molecule has 1 fully saturated rings. The van der Waals surface area contributed by atoms with Crippen LogP contribution in [-0.2, 0) is 16.2 Å². The SMILES string of the molecule is CCS(=O)(=O)NC1CCN(c2ccc(C(F)(F)F)cn2)C1. The van der Waals surface area contributed by atoms with E-state index >= 15 is 0 Å². The summed E-state index contributed by atoms with van der Waals surface area (Å²) < 4.78 is 62.9. The summed E-state index contributed by atoms with van der Waals surface area (Å²) in [5, 5.41) is 0. The van der Waals surface area contributed by atoms with E-state index in [0.717, 1.165) is 12.3 Å². The van der Waals surface area contributed by atoms with Crippen molar-refractivity contribution in [2.75, 3.05) is 23.7 Å². The molecule has 21 heavy (non-hydrogen) atoms. The van der Waals surface area contributed by atoms with Gasteiger partial charge in [0.15, 0.2) is 0 Å². The van der Waals surface area contributed by atoms with E-state index in [-0.39, 0.29) is 11.8 Å². The first-order valence-electron chi connectivity index (χ1n) is 6.49. The van der Waals surface area contributed by atoms with Crippen LogP contribution in [0.1, 0.15) is 18.9 Å². The van der Waals surface area contributed by atoms with Crippen molar-refractivity contribution in [1.82, 2.24) is 9.71 Å². The molecule has 1 N–H and O–H groups in total. The molecule has 0 spiro atoms. The molecule has 1 aromatic heterocycles. The summed E-state index contributed by atoms with van der Waals surface area (Å²) in [4.78, 5) is 5.57. The molecule has 0 radical (unpaired) electrons. The average Bonchev–Trinajstić information content (AvgIpc) is 2.86. The number of hydrogen-bond acceptors (Lipinski definition) is 4. The largest absolute Gasteiger partial charge is 0.417 e. The molecule has 0 saturated carbocycles. The number of nitrogens with one attached hydrogen (secondary N) is 1. The lowest BCUT2D eigenvalue weighted by molar-refractivity contribution is -0.137. The number of nitrogens with zero attached hydrogens (tertiary/aromatic N) is 2. The molecular formula is C12H16F3N3O2S.